The summed E-state index contributed by atoms with van der Waals surface area (Å²) in [6.07, 6.45) is 8.10. The van der Waals surface area contributed by atoms with Gasteiger partial charge in [-0.2, -0.15) is 0 Å². The van der Waals surface area contributed by atoms with E-state index in [1.807, 2.05) is 12.1 Å². The van der Waals surface area contributed by atoms with Gasteiger partial charge in [0, 0.05) is 23.0 Å². The minimum atomic E-state index is -2.94. The first-order valence-electron chi connectivity index (χ1n) is 9.77. The van der Waals surface area contributed by atoms with Gasteiger partial charge >= 0.3 is 0 Å². The van der Waals surface area contributed by atoms with Gasteiger partial charge in [-0.25, -0.2) is 8.42 Å². The van der Waals surface area contributed by atoms with Gasteiger partial charge in [0.15, 0.2) is 15.0 Å². The predicted octanol–water partition coefficient (Wildman–Crippen LogP) is 2.99. The highest BCUT2D eigenvalue weighted by atomic mass is 32.2. The van der Waals surface area contributed by atoms with Crippen LogP contribution < -0.4 is 10.6 Å². The molecule has 2 atom stereocenters. The van der Waals surface area contributed by atoms with Crippen molar-refractivity contribution >= 4 is 38.4 Å². The molecule has 28 heavy (non-hydrogen) atoms. The molecule has 3 aliphatic rings. The van der Waals surface area contributed by atoms with E-state index in [-0.39, 0.29) is 28.7 Å². The standard InChI is InChI=1S/C20H25N3O3S2/c24-19(21-11-10-14-4-2-1-3-5-14)15-6-8-16(9-7-15)22-20-23-17-12-28(25,26)13-18(17)27-20/h4,6-9,17-18H,1-3,5,10-13H2,(H,21,24)(H,22,23)/t17-,18-/m0/s1. The number of thioether (sulfide) groups is 1. The van der Waals surface area contributed by atoms with Crippen LogP contribution in [-0.2, 0) is 9.84 Å². The number of fused-ring (bicyclic) bond motifs is 1. The molecule has 4 rings (SSSR count). The first-order chi connectivity index (χ1) is 13.5. The third-order valence-electron chi connectivity index (χ3n) is 5.33. The SMILES string of the molecule is O=C(NCCC1=CCCCC1)c1ccc(NC2=N[C@H]3CS(=O)(=O)C[C@@H]3S2)cc1. The topological polar surface area (TPSA) is 87.6 Å². The first-order valence-corrected chi connectivity index (χ1v) is 12.5. The molecule has 0 aromatic heterocycles. The Morgan fingerprint density at radius 3 is 2.71 bits per heavy atom. The zero-order valence-corrected chi connectivity index (χ0v) is 17.3. The molecule has 1 saturated heterocycles. The van der Waals surface area contributed by atoms with Gasteiger partial charge in [-0.15, -0.1) is 0 Å². The zero-order chi connectivity index (χ0) is 19.6. The molecule has 2 aliphatic heterocycles. The van der Waals surface area contributed by atoms with E-state index >= 15 is 0 Å². The van der Waals surface area contributed by atoms with Crippen LogP contribution in [0.15, 0.2) is 40.9 Å². The molecule has 1 fully saturated rings. The second-order valence-corrected chi connectivity index (χ2v) is 10.9. The van der Waals surface area contributed by atoms with E-state index in [2.05, 4.69) is 21.7 Å². The van der Waals surface area contributed by atoms with Crippen LogP contribution in [0, 0.1) is 0 Å². The molecule has 0 spiro atoms. The Kier molecular flexibility index (Phi) is 5.78. The highest BCUT2D eigenvalue weighted by molar-refractivity contribution is 8.15. The van der Waals surface area contributed by atoms with Gasteiger partial charge < -0.3 is 10.6 Å². The van der Waals surface area contributed by atoms with Crippen LogP contribution in [0.4, 0.5) is 5.69 Å². The normalized spacial score (nSPS) is 25.6. The third-order valence-corrected chi connectivity index (χ3v) is 8.47. The zero-order valence-electron chi connectivity index (χ0n) is 15.7. The molecule has 0 unspecified atom stereocenters. The quantitative estimate of drug-likeness (QED) is 0.717. The van der Waals surface area contributed by atoms with Gasteiger partial charge in [-0.3, -0.25) is 9.79 Å². The lowest BCUT2D eigenvalue weighted by atomic mass is 9.97. The number of benzene rings is 1. The molecular weight excluding hydrogens is 394 g/mol. The Balaban J connectivity index is 1.27. The Labute approximate surface area is 170 Å². The molecule has 2 N–H and O–H groups in total. The number of amidine groups is 1. The molecular formula is C20H25N3O3S2. The molecule has 1 aromatic carbocycles. The molecule has 0 bridgehead atoms. The fourth-order valence-corrected chi connectivity index (χ4v) is 7.49. The van der Waals surface area contributed by atoms with Crippen LogP contribution in [0.1, 0.15) is 42.5 Å². The smallest absolute Gasteiger partial charge is 0.251 e. The number of aliphatic imine (C=N–C) groups is 1. The summed E-state index contributed by atoms with van der Waals surface area (Å²) >= 11 is 1.49. The number of amides is 1. The summed E-state index contributed by atoms with van der Waals surface area (Å²) in [4.78, 5) is 16.8. The maximum absolute atomic E-state index is 12.3. The minimum Gasteiger partial charge on any atom is -0.352 e. The summed E-state index contributed by atoms with van der Waals surface area (Å²) in [6.45, 7) is 0.670. The Hall–Kier alpha value is -1.80. The Bertz CT molecular complexity index is 907. The van der Waals surface area contributed by atoms with Crippen molar-refractivity contribution in [1.82, 2.24) is 5.32 Å². The maximum Gasteiger partial charge on any atom is 0.251 e. The van der Waals surface area contributed by atoms with Gasteiger partial charge in [0.2, 0.25) is 0 Å². The number of allylic oxidation sites excluding steroid dienone is 1. The van der Waals surface area contributed by atoms with Crippen LogP contribution >= 0.6 is 11.8 Å². The number of carbonyl (C=O) groups is 1. The van der Waals surface area contributed by atoms with Crippen molar-refractivity contribution in [2.45, 2.75) is 43.4 Å². The highest BCUT2D eigenvalue weighted by Crippen LogP contribution is 2.34. The van der Waals surface area contributed by atoms with E-state index in [9.17, 15) is 13.2 Å². The van der Waals surface area contributed by atoms with Crippen LogP contribution in [0.25, 0.3) is 0 Å². The van der Waals surface area contributed by atoms with E-state index in [4.69, 9.17) is 0 Å². The van der Waals surface area contributed by atoms with E-state index in [0.717, 1.165) is 23.7 Å². The van der Waals surface area contributed by atoms with Crippen LogP contribution in [0.2, 0.25) is 0 Å². The lowest BCUT2D eigenvalue weighted by Gasteiger charge is -2.13. The number of sulfone groups is 1. The number of nitrogens with one attached hydrogen (secondary N) is 2. The molecule has 150 valence electrons. The molecule has 2 heterocycles. The molecule has 0 saturated carbocycles. The maximum atomic E-state index is 12.3. The average molecular weight is 420 g/mol. The van der Waals surface area contributed by atoms with Gasteiger partial charge in [-0.1, -0.05) is 23.4 Å². The third kappa shape index (κ3) is 4.78. The van der Waals surface area contributed by atoms with Crippen molar-refractivity contribution < 1.29 is 13.2 Å². The average Bonchev–Trinajstić information content (AvgIpc) is 3.15. The summed E-state index contributed by atoms with van der Waals surface area (Å²) in [6, 6.07) is 7.16. The lowest BCUT2D eigenvalue weighted by Crippen LogP contribution is -2.24. The van der Waals surface area contributed by atoms with Crippen molar-refractivity contribution in [3.05, 3.63) is 41.5 Å². The summed E-state index contributed by atoms with van der Waals surface area (Å²) < 4.78 is 23.3. The van der Waals surface area contributed by atoms with E-state index in [1.165, 1.54) is 36.6 Å². The summed E-state index contributed by atoms with van der Waals surface area (Å²) in [5.41, 5.74) is 2.93. The fraction of sp³-hybridized carbons (Fsp3) is 0.500. The fourth-order valence-electron chi connectivity index (χ4n) is 3.81. The van der Waals surface area contributed by atoms with Crippen molar-refractivity contribution in [2.75, 3.05) is 23.4 Å². The van der Waals surface area contributed by atoms with Gasteiger partial charge in [0.05, 0.1) is 17.5 Å². The number of hydrogen-bond donors (Lipinski definition) is 2. The minimum absolute atomic E-state index is 0.0248. The lowest BCUT2D eigenvalue weighted by molar-refractivity contribution is 0.0954. The van der Waals surface area contributed by atoms with Crippen molar-refractivity contribution in [3.8, 4) is 0 Å². The number of hydrogen-bond acceptors (Lipinski definition) is 6. The van der Waals surface area contributed by atoms with Crippen LogP contribution in [0.5, 0.6) is 0 Å². The molecule has 0 radical (unpaired) electrons. The van der Waals surface area contributed by atoms with E-state index in [1.54, 1.807) is 12.1 Å². The van der Waals surface area contributed by atoms with E-state index < -0.39 is 9.84 Å². The second kappa shape index (κ2) is 8.29. The Morgan fingerprint density at radius 1 is 1.18 bits per heavy atom. The predicted molar refractivity (Wildman–Crippen MR) is 115 cm³/mol. The summed E-state index contributed by atoms with van der Waals surface area (Å²) in [7, 11) is -2.94. The molecule has 6 nitrogen and oxygen atoms in total. The summed E-state index contributed by atoms with van der Waals surface area (Å²) in [5.74, 6) is 0.286. The number of anilines is 1. The molecule has 1 amide bonds. The van der Waals surface area contributed by atoms with Crippen molar-refractivity contribution in [1.29, 1.82) is 0 Å². The van der Waals surface area contributed by atoms with Crippen LogP contribution in [0.3, 0.4) is 0 Å². The Morgan fingerprint density at radius 2 is 2.00 bits per heavy atom. The molecule has 8 heteroatoms. The van der Waals surface area contributed by atoms with Gasteiger partial charge in [0.1, 0.15) is 0 Å². The number of rotatable bonds is 5. The van der Waals surface area contributed by atoms with Crippen molar-refractivity contribution in [2.24, 2.45) is 4.99 Å². The van der Waals surface area contributed by atoms with Gasteiger partial charge in [0.25, 0.3) is 5.91 Å². The summed E-state index contributed by atoms with van der Waals surface area (Å²) in [5, 5.41) is 6.99. The van der Waals surface area contributed by atoms with Gasteiger partial charge in [-0.05, 0) is 56.4 Å². The monoisotopic (exact) mass is 419 g/mol. The largest absolute Gasteiger partial charge is 0.352 e. The highest BCUT2D eigenvalue weighted by Gasteiger charge is 2.42. The number of carbonyl (C=O) groups excluding carboxylic acids is 1. The molecule has 1 aliphatic carbocycles. The van der Waals surface area contributed by atoms with Crippen molar-refractivity contribution in [3.63, 3.8) is 0 Å². The first kappa shape index (κ1) is 19.5. The second-order valence-electron chi connectivity index (χ2n) is 7.55. The van der Waals surface area contributed by atoms with Crippen LogP contribution in [-0.4, -0.2) is 48.8 Å². The molecule has 1 aromatic rings. The number of nitrogens with zero attached hydrogens (tertiary/aromatic N) is 1. The van der Waals surface area contributed by atoms with E-state index in [0.29, 0.717) is 12.1 Å².